The second-order valence-corrected chi connectivity index (χ2v) is 11.9. The van der Waals surface area contributed by atoms with Crippen LogP contribution in [0.1, 0.15) is 31.4 Å². The standard InChI is InChI=1S/C24H25BrF3N3O4S/c1-15(2)29-14-21-30(36(34,35)19-5-3-4-17(13-19)24(26,27)28)11-10-22(32)31(21)20(23(29)33)12-16-6-8-18(25)9-7-16/h3-9,13,15,20-21H,10-12,14H2,1-2H3. The van der Waals surface area contributed by atoms with Crippen molar-refractivity contribution in [2.45, 2.75) is 56.0 Å². The van der Waals surface area contributed by atoms with E-state index in [1.807, 2.05) is 24.3 Å². The molecule has 2 fully saturated rings. The van der Waals surface area contributed by atoms with Crippen molar-refractivity contribution in [3.8, 4) is 0 Å². The molecule has 2 heterocycles. The molecule has 36 heavy (non-hydrogen) atoms. The highest BCUT2D eigenvalue weighted by Crippen LogP contribution is 2.35. The Morgan fingerprint density at radius 1 is 1.08 bits per heavy atom. The minimum atomic E-state index is -4.71. The first kappa shape index (κ1) is 26.6. The van der Waals surface area contributed by atoms with Crippen molar-refractivity contribution in [1.29, 1.82) is 0 Å². The molecular weight excluding hydrogens is 563 g/mol. The maximum Gasteiger partial charge on any atom is 0.416 e. The summed E-state index contributed by atoms with van der Waals surface area (Å²) in [6.45, 7) is 3.32. The van der Waals surface area contributed by atoms with E-state index in [0.717, 1.165) is 32.5 Å². The number of nitrogens with zero attached hydrogens (tertiary/aromatic N) is 3. The summed E-state index contributed by atoms with van der Waals surface area (Å²) in [5, 5.41) is 0. The SMILES string of the molecule is CC(C)N1CC2N(C(=O)CCN2S(=O)(=O)c2cccc(C(F)(F)F)c2)C(Cc2ccc(Br)cc2)C1=O. The van der Waals surface area contributed by atoms with Crippen LogP contribution >= 0.6 is 15.9 Å². The number of amides is 2. The summed E-state index contributed by atoms with van der Waals surface area (Å²) < 4.78 is 68.9. The lowest BCUT2D eigenvalue weighted by Crippen LogP contribution is -2.72. The number of hydrogen-bond acceptors (Lipinski definition) is 4. The predicted molar refractivity (Wildman–Crippen MR) is 129 cm³/mol. The molecule has 2 atom stereocenters. The third-order valence-corrected chi connectivity index (χ3v) is 8.91. The molecule has 12 heteroatoms. The van der Waals surface area contributed by atoms with E-state index in [9.17, 15) is 31.2 Å². The highest BCUT2D eigenvalue weighted by Gasteiger charge is 2.51. The van der Waals surface area contributed by atoms with Crippen LogP contribution in [0.4, 0.5) is 13.2 Å². The van der Waals surface area contributed by atoms with E-state index in [-0.39, 0.29) is 43.8 Å². The van der Waals surface area contributed by atoms with Gasteiger partial charge in [0, 0.05) is 29.9 Å². The summed E-state index contributed by atoms with van der Waals surface area (Å²) in [5.41, 5.74) is -0.296. The highest BCUT2D eigenvalue weighted by atomic mass is 79.9. The molecule has 0 saturated carbocycles. The Morgan fingerprint density at radius 2 is 1.75 bits per heavy atom. The normalized spacial score (nSPS) is 21.8. The molecule has 2 aliphatic heterocycles. The molecule has 194 valence electrons. The lowest BCUT2D eigenvalue weighted by atomic mass is 9.97. The molecule has 0 aliphatic carbocycles. The van der Waals surface area contributed by atoms with E-state index in [4.69, 9.17) is 0 Å². The largest absolute Gasteiger partial charge is 0.416 e. The first-order valence-corrected chi connectivity index (χ1v) is 13.6. The van der Waals surface area contributed by atoms with Crippen LogP contribution in [-0.2, 0) is 32.2 Å². The minimum Gasteiger partial charge on any atom is -0.335 e. The van der Waals surface area contributed by atoms with Crippen LogP contribution in [0.25, 0.3) is 0 Å². The molecule has 2 saturated heterocycles. The Labute approximate surface area is 216 Å². The molecule has 2 aliphatic rings. The van der Waals surface area contributed by atoms with Crippen molar-refractivity contribution >= 4 is 37.8 Å². The van der Waals surface area contributed by atoms with Crippen molar-refractivity contribution in [3.63, 3.8) is 0 Å². The van der Waals surface area contributed by atoms with E-state index < -0.39 is 38.9 Å². The van der Waals surface area contributed by atoms with E-state index >= 15 is 0 Å². The van der Waals surface area contributed by atoms with Gasteiger partial charge in [-0.3, -0.25) is 9.59 Å². The maximum absolute atomic E-state index is 13.6. The molecule has 0 aromatic heterocycles. The van der Waals surface area contributed by atoms with Crippen LogP contribution < -0.4 is 0 Å². The number of benzene rings is 2. The van der Waals surface area contributed by atoms with Gasteiger partial charge < -0.3 is 9.80 Å². The molecule has 2 aromatic carbocycles. The van der Waals surface area contributed by atoms with Gasteiger partial charge >= 0.3 is 6.18 Å². The summed E-state index contributed by atoms with van der Waals surface area (Å²) in [4.78, 5) is 28.8. The van der Waals surface area contributed by atoms with Crippen LogP contribution in [0.2, 0.25) is 0 Å². The second kappa shape index (κ2) is 9.79. The number of fused-ring (bicyclic) bond motifs is 1. The van der Waals surface area contributed by atoms with Gasteiger partial charge in [0.05, 0.1) is 17.0 Å². The number of alkyl halides is 3. The number of piperazine rings is 1. The maximum atomic E-state index is 13.6. The summed E-state index contributed by atoms with van der Waals surface area (Å²) in [6, 6.07) is 9.58. The number of rotatable bonds is 5. The molecule has 2 aromatic rings. The quantitative estimate of drug-likeness (QED) is 0.532. The van der Waals surface area contributed by atoms with Crippen molar-refractivity contribution in [1.82, 2.24) is 14.1 Å². The van der Waals surface area contributed by atoms with Gasteiger partial charge in [0.2, 0.25) is 21.8 Å². The van der Waals surface area contributed by atoms with Gasteiger partial charge in [0.15, 0.2) is 0 Å². The number of carbonyl (C=O) groups is 2. The van der Waals surface area contributed by atoms with Crippen LogP contribution in [0.15, 0.2) is 57.9 Å². The molecular formula is C24H25BrF3N3O4S. The van der Waals surface area contributed by atoms with Gasteiger partial charge in [-0.15, -0.1) is 0 Å². The van der Waals surface area contributed by atoms with Gasteiger partial charge in [-0.05, 0) is 49.7 Å². The van der Waals surface area contributed by atoms with Crippen LogP contribution in [-0.4, -0.2) is 65.7 Å². The van der Waals surface area contributed by atoms with Crippen molar-refractivity contribution < 1.29 is 31.2 Å². The van der Waals surface area contributed by atoms with E-state index in [0.29, 0.717) is 6.07 Å². The van der Waals surface area contributed by atoms with E-state index in [1.165, 1.54) is 9.80 Å². The lowest BCUT2D eigenvalue weighted by molar-refractivity contribution is -0.166. The molecule has 0 radical (unpaired) electrons. The van der Waals surface area contributed by atoms with E-state index in [2.05, 4.69) is 15.9 Å². The van der Waals surface area contributed by atoms with Crippen LogP contribution in [0.3, 0.4) is 0 Å². The average Bonchev–Trinajstić information content (AvgIpc) is 2.81. The fourth-order valence-corrected chi connectivity index (χ4v) is 6.55. The summed E-state index contributed by atoms with van der Waals surface area (Å²) in [7, 11) is -4.41. The minimum absolute atomic E-state index is 0.0722. The Kier molecular flexibility index (Phi) is 7.24. The monoisotopic (exact) mass is 587 g/mol. The number of carbonyl (C=O) groups excluding carboxylic acids is 2. The number of sulfonamides is 1. The summed E-state index contributed by atoms with van der Waals surface area (Å²) >= 11 is 3.36. The van der Waals surface area contributed by atoms with Crippen molar-refractivity contribution in [3.05, 3.63) is 64.1 Å². The zero-order chi connectivity index (χ0) is 26.4. The zero-order valence-corrected chi connectivity index (χ0v) is 22.0. The number of halogens is 4. The first-order valence-electron chi connectivity index (χ1n) is 11.4. The molecule has 4 rings (SSSR count). The molecule has 0 N–H and O–H groups in total. The topological polar surface area (TPSA) is 78.0 Å². The highest BCUT2D eigenvalue weighted by molar-refractivity contribution is 9.10. The fourth-order valence-electron chi connectivity index (χ4n) is 4.67. The average molecular weight is 588 g/mol. The van der Waals surface area contributed by atoms with E-state index in [1.54, 1.807) is 13.8 Å². The third kappa shape index (κ3) is 5.03. The molecule has 2 amide bonds. The Bertz CT molecular complexity index is 1270. The molecule has 0 spiro atoms. The summed E-state index contributed by atoms with van der Waals surface area (Å²) in [6.07, 6.45) is -5.75. The first-order chi connectivity index (χ1) is 16.8. The van der Waals surface area contributed by atoms with Crippen LogP contribution in [0, 0.1) is 0 Å². The van der Waals surface area contributed by atoms with Crippen LogP contribution in [0.5, 0.6) is 0 Å². The Hall–Kier alpha value is -2.44. The zero-order valence-electron chi connectivity index (χ0n) is 19.6. The second-order valence-electron chi connectivity index (χ2n) is 9.10. The predicted octanol–water partition coefficient (Wildman–Crippen LogP) is 3.88. The van der Waals surface area contributed by atoms with Gasteiger partial charge in [-0.2, -0.15) is 17.5 Å². The fraction of sp³-hybridized carbons (Fsp3) is 0.417. The number of hydrogen-bond donors (Lipinski definition) is 0. The van der Waals surface area contributed by atoms with Gasteiger partial charge in [0.1, 0.15) is 12.2 Å². The van der Waals surface area contributed by atoms with Crippen molar-refractivity contribution in [2.24, 2.45) is 0 Å². The molecule has 7 nitrogen and oxygen atoms in total. The smallest absolute Gasteiger partial charge is 0.335 e. The summed E-state index contributed by atoms with van der Waals surface area (Å²) in [5.74, 6) is -0.662. The Morgan fingerprint density at radius 3 is 2.36 bits per heavy atom. The Balaban J connectivity index is 1.75. The van der Waals surface area contributed by atoms with Gasteiger partial charge in [0.25, 0.3) is 0 Å². The molecule has 0 bridgehead atoms. The van der Waals surface area contributed by atoms with Gasteiger partial charge in [-0.1, -0.05) is 34.1 Å². The van der Waals surface area contributed by atoms with Gasteiger partial charge in [-0.25, -0.2) is 8.42 Å². The van der Waals surface area contributed by atoms with Crippen molar-refractivity contribution in [2.75, 3.05) is 13.1 Å². The molecule has 2 unspecified atom stereocenters. The third-order valence-electron chi connectivity index (χ3n) is 6.49. The lowest BCUT2D eigenvalue weighted by Gasteiger charge is -2.52.